The average molecular weight is 574 g/mol. The van der Waals surface area contributed by atoms with Gasteiger partial charge in [-0.25, -0.2) is 9.78 Å². The normalized spacial score (nSPS) is 10.9. The molecular formula is C29H24ClN5O6. The number of fused-ring (bicyclic) bond motifs is 1. The number of hydrogen-bond donors (Lipinski definition) is 2. The first kappa shape index (κ1) is 27.5. The molecule has 0 spiro atoms. The summed E-state index contributed by atoms with van der Waals surface area (Å²) in [6.07, 6.45) is 1.45. The van der Waals surface area contributed by atoms with Gasteiger partial charge in [0.25, 0.3) is 0 Å². The van der Waals surface area contributed by atoms with E-state index in [-0.39, 0.29) is 42.6 Å². The van der Waals surface area contributed by atoms with Crippen LogP contribution in [-0.2, 0) is 18.4 Å². The lowest BCUT2D eigenvalue weighted by Gasteiger charge is -2.13. The van der Waals surface area contributed by atoms with Crippen molar-refractivity contribution >= 4 is 34.3 Å². The van der Waals surface area contributed by atoms with Crippen molar-refractivity contribution in [2.24, 2.45) is 7.05 Å². The van der Waals surface area contributed by atoms with Crippen molar-refractivity contribution in [3.63, 3.8) is 0 Å². The average Bonchev–Trinajstić information content (AvgIpc) is 3.56. The number of ether oxygens (including phenoxy) is 3. The fraction of sp³-hybridized carbons (Fsp3) is 0.172. The number of aryl methyl sites for hydroxylation is 1. The number of methoxy groups -OCH3 is 1. The highest BCUT2D eigenvalue weighted by Crippen LogP contribution is 2.41. The van der Waals surface area contributed by atoms with Crippen molar-refractivity contribution in [1.82, 2.24) is 14.5 Å². The third kappa shape index (κ3) is 5.26. The summed E-state index contributed by atoms with van der Waals surface area (Å²) in [7, 11) is 2.88. The van der Waals surface area contributed by atoms with E-state index in [0.29, 0.717) is 44.5 Å². The number of nitrogens with zero attached hydrogens (tertiary/aromatic N) is 4. The van der Waals surface area contributed by atoms with Crippen molar-refractivity contribution in [1.29, 1.82) is 5.26 Å². The summed E-state index contributed by atoms with van der Waals surface area (Å²) in [6.45, 7) is -0.0484. The minimum Gasteiger partial charge on any atom is -0.491 e. The van der Waals surface area contributed by atoms with E-state index in [9.17, 15) is 10.1 Å². The highest BCUT2D eigenvalue weighted by molar-refractivity contribution is 6.30. The van der Waals surface area contributed by atoms with Crippen LogP contribution >= 0.6 is 11.6 Å². The van der Waals surface area contributed by atoms with E-state index in [1.165, 1.54) is 17.9 Å². The molecule has 0 unspecified atom stereocenters. The number of hydrogen-bond acceptors (Lipinski definition) is 10. The van der Waals surface area contributed by atoms with Gasteiger partial charge < -0.3 is 34.0 Å². The second-order valence-corrected chi connectivity index (χ2v) is 9.26. The molecule has 0 fully saturated rings. The van der Waals surface area contributed by atoms with Crippen LogP contribution in [0, 0.1) is 11.3 Å². The Balaban J connectivity index is 1.59. The van der Waals surface area contributed by atoms with Gasteiger partial charge in [-0.3, -0.25) is 0 Å². The number of nitrogen functional groups attached to an aromatic ring is 1. The molecule has 2 aromatic carbocycles. The van der Waals surface area contributed by atoms with Gasteiger partial charge in [0.05, 0.1) is 24.8 Å². The Morgan fingerprint density at radius 3 is 2.49 bits per heavy atom. The SMILES string of the molecule is COC(=O)c1c(N)c2c(-c3ccc(OCCO)cc3)c(C#N)c(OCc3coc(-c4ccc(Cl)cc4)n3)nc2n1C. The zero-order valence-electron chi connectivity index (χ0n) is 22.1. The molecule has 5 aromatic rings. The van der Waals surface area contributed by atoms with Crippen molar-refractivity contribution < 1.29 is 28.5 Å². The van der Waals surface area contributed by atoms with E-state index in [0.717, 1.165) is 5.56 Å². The second kappa shape index (κ2) is 11.6. The number of esters is 1. The highest BCUT2D eigenvalue weighted by atomic mass is 35.5. The van der Waals surface area contributed by atoms with E-state index in [4.69, 9.17) is 41.1 Å². The number of rotatable bonds is 9. The molecule has 12 heteroatoms. The Bertz CT molecular complexity index is 1770. The topological polar surface area (TPSA) is 159 Å². The molecule has 0 aliphatic heterocycles. The molecule has 11 nitrogen and oxygen atoms in total. The first-order valence-corrected chi connectivity index (χ1v) is 12.7. The third-order valence-electron chi connectivity index (χ3n) is 6.32. The van der Waals surface area contributed by atoms with Crippen LogP contribution in [0.2, 0.25) is 5.02 Å². The predicted octanol–water partition coefficient (Wildman–Crippen LogP) is 4.74. The van der Waals surface area contributed by atoms with Gasteiger partial charge in [-0.15, -0.1) is 0 Å². The zero-order chi connectivity index (χ0) is 29.1. The molecule has 0 saturated carbocycles. The summed E-state index contributed by atoms with van der Waals surface area (Å²) in [4.78, 5) is 21.6. The highest BCUT2D eigenvalue weighted by Gasteiger charge is 2.28. The predicted molar refractivity (Wildman–Crippen MR) is 150 cm³/mol. The van der Waals surface area contributed by atoms with E-state index < -0.39 is 5.97 Å². The van der Waals surface area contributed by atoms with Crippen LogP contribution in [0.3, 0.4) is 0 Å². The summed E-state index contributed by atoms with van der Waals surface area (Å²) in [5.41, 5.74) is 9.32. The van der Waals surface area contributed by atoms with Crippen LogP contribution in [0.1, 0.15) is 21.7 Å². The van der Waals surface area contributed by atoms with Crippen molar-refractivity contribution in [3.8, 4) is 40.3 Å². The minimum absolute atomic E-state index is 0.0173. The molecule has 0 bridgehead atoms. The van der Waals surface area contributed by atoms with Crippen molar-refractivity contribution in [2.75, 3.05) is 26.1 Å². The smallest absolute Gasteiger partial charge is 0.356 e. The fourth-order valence-electron chi connectivity index (χ4n) is 4.42. The monoisotopic (exact) mass is 573 g/mol. The number of aliphatic hydroxyl groups is 1. The first-order chi connectivity index (χ1) is 19.9. The van der Waals surface area contributed by atoms with Crippen molar-refractivity contribution in [3.05, 3.63) is 76.8 Å². The van der Waals surface area contributed by atoms with Crippen LogP contribution in [-0.4, -0.2) is 45.9 Å². The maximum atomic E-state index is 12.6. The number of carbonyl (C=O) groups is 1. The fourth-order valence-corrected chi connectivity index (χ4v) is 4.54. The van der Waals surface area contributed by atoms with Gasteiger partial charge in [-0.05, 0) is 42.0 Å². The lowest BCUT2D eigenvalue weighted by molar-refractivity contribution is 0.0591. The Hall–Kier alpha value is -5.05. The van der Waals surface area contributed by atoms with Gasteiger partial charge in [-0.1, -0.05) is 23.7 Å². The zero-order valence-corrected chi connectivity index (χ0v) is 22.8. The van der Waals surface area contributed by atoms with Gasteiger partial charge in [0, 0.05) is 23.2 Å². The summed E-state index contributed by atoms with van der Waals surface area (Å²) in [5.74, 6) is 0.275. The molecule has 3 aromatic heterocycles. The van der Waals surface area contributed by atoms with E-state index in [2.05, 4.69) is 16.0 Å². The van der Waals surface area contributed by atoms with Gasteiger partial charge >= 0.3 is 5.97 Å². The molecule has 5 rings (SSSR count). The van der Waals surface area contributed by atoms with Gasteiger partial charge in [0.1, 0.15) is 48.2 Å². The van der Waals surface area contributed by atoms with Crippen LogP contribution in [0.4, 0.5) is 5.69 Å². The number of aliphatic hydroxyl groups excluding tert-OH is 1. The molecule has 3 N–H and O–H groups in total. The molecule has 0 radical (unpaired) electrons. The Morgan fingerprint density at radius 1 is 1.12 bits per heavy atom. The van der Waals surface area contributed by atoms with Gasteiger partial charge in [-0.2, -0.15) is 10.2 Å². The number of nitriles is 1. The molecule has 0 atom stereocenters. The molecule has 0 amide bonds. The Kier molecular flexibility index (Phi) is 7.78. The largest absolute Gasteiger partial charge is 0.491 e. The number of pyridine rings is 1. The van der Waals surface area contributed by atoms with E-state index in [1.54, 1.807) is 55.6 Å². The van der Waals surface area contributed by atoms with Gasteiger partial charge in [0.2, 0.25) is 11.8 Å². The molecule has 41 heavy (non-hydrogen) atoms. The third-order valence-corrected chi connectivity index (χ3v) is 6.57. The Morgan fingerprint density at radius 2 is 1.83 bits per heavy atom. The molecule has 0 saturated heterocycles. The maximum absolute atomic E-state index is 12.6. The Labute approximate surface area is 239 Å². The van der Waals surface area contributed by atoms with E-state index >= 15 is 0 Å². The van der Waals surface area contributed by atoms with Crippen molar-refractivity contribution in [2.45, 2.75) is 6.61 Å². The lowest BCUT2D eigenvalue weighted by atomic mass is 9.97. The molecule has 208 valence electrons. The number of anilines is 1. The molecule has 0 aliphatic rings. The summed E-state index contributed by atoms with van der Waals surface area (Å²) < 4.78 is 23.5. The van der Waals surface area contributed by atoms with Gasteiger partial charge in [0.15, 0.2) is 5.69 Å². The van der Waals surface area contributed by atoms with Crippen LogP contribution in [0.25, 0.3) is 33.6 Å². The minimum atomic E-state index is -0.653. The number of oxazole rings is 1. The second-order valence-electron chi connectivity index (χ2n) is 8.83. The number of nitrogens with two attached hydrogens (primary N) is 1. The number of aromatic nitrogens is 3. The summed E-state index contributed by atoms with van der Waals surface area (Å²) >= 11 is 5.97. The molecule has 3 heterocycles. The summed E-state index contributed by atoms with van der Waals surface area (Å²) in [5, 5.41) is 20.3. The van der Waals surface area contributed by atoms with Crippen LogP contribution < -0.4 is 15.2 Å². The number of halogens is 1. The molecular weight excluding hydrogens is 550 g/mol. The summed E-state index contributed by atoms with van der Waals surface area (Å²) in [6, 6.07) is 16.1. The van der Waals surface area contributed by atoms with E-state index in [1.807, 2.05) is 0 Å². The standard InChI is InChI=1S/C29H24ClN5O6/c1-35-25(29(37)38-2)24(32)23-22(16-5-9-20(10-6-16)39-12-11-36)21(13-31)28(34-26(23)35)41-15-19-14-40-27(33-19)17-3-7-18(30)8-4-17/h3-10,14,36H,11-12,15,32H2,1-2H3. The van der Waals surface area contributed by atoms with Crippen LogP contribution in [0.15, 0.2) is 59.2 Å². The number of carbonyl (C=O) groups excluding carboxylic acids is 1. The molecule has 0 aliphatic carbocycles. The quantitative estimate of drug-likeness (QED) is 0.236. The van der Waals surface area contributed by atoms with Crippen LogP contribution in [0.5, 0.6) is 11.6 Å². The number of benzene rings is 2. The first-order valence-electron chi connectivity index (χ1n) is 12.3. The maximum Gasteiger partial charge on any atom is 0.356 e. The lowest BCUT2D eigenvalue weighted by Crippen LogP contribution is -2.10.